The Morgan fingerprint density at radius 2 is 2.10 bits per heavy atom. The predicted molar refractivity (Wildman–Crippen MR) is 78.7 cm³/mol. The number of hydrogen-bond acceptors (Lipinski definition) is 3. The maximum atomic E-state index is 11.2. The molecule has 0 aromatic carbocycles. The van der Waals surface area contributed by atoms with E-state index in [9.17, 15) is 9.90 Å². The minimum Gasteiger partial charge on any atom is -0.477 e. The Morgan fingerprint density at radius 1 is 1.45 bits per heavy atom. The third-order valence-corrected chi connectivity index (χ3v) is 4.45. The van der Waals surface area contributed by atoms with Crippen molar-refractivity contribution in [3.8, 4) is 0 Å². The molecule has 1 fully saturated rings. The average molecular weight is 276 g/mol. The summed E-state index contributed by atoms with van der Waals surface area (Å²) >= 11 is 0. The zero-order chi connectivity index (χ0) is 14.8. The Hall–Kier alpha value is -1.42. The molecule has 0 spiro atoms. The van der Waals surface area contributed by atoms with Gasteiger partial charge in [-0.2, -0.15) is 0 Å². The molecule has 1 aliphatic carbocycles. The molecule has 0 aliphatic heterocycles. The molecule has 1 heterocycles. The van der Waals surface area contributed by atoms with Crippen LogP contribution in [0.2, 0.25) is 0 Å². The Bertz CT molecular complexity index is 475. The van der Waals surface area contributed by atoms with E-state index in [1.165, 1.54) is 31.9 Å². The first kappa shape index (κ1) is 15.0. The SMILES string of the molecule is CN(Cc1cccnc1C(=O)O)C1CCC(C)(C)CC1. The molecule has 0 amide bonds. The number of carbonyl (C=O) groups is 1. The Labute approximate surface area is 120 Å². The molecule has 0 radical (unpaired) electrons. The van der Waals surface area contributed by atoms with Crippen LogP contribution in [-0.2, 0) is 6.54 Å². The van der Waals surface area contributed by atoms with Crippen molar-refractivity contribution in [1.29, 1.82) is 0 Å². The first-order chi connectivity index (χ1) is 9.39. The summed E-state index contributed by atoms with van der Waals surface area (Å²) in [5, 5.41) is 9.18. The Morgan fingerprint density at radius 3 is 2.70 bits per heavy atom. The molecule has 0 atom stereocenters. The number of rotatable bonds is 4. The van der Waals surface area contributed by atoms with Gasteiger partial charge in [-0.25, -0.2) is 9.78 Å². The van der Waals surface area contributed by atoms with Gasteiger partial charge in [-0.1, -0.05) is 19.9 Å². The third kappa shape index (κ3) is 3.57. The average Bonchev–Trinajstić information content (AvgIpc) is 2.38. The lowest BCUT2D eigenvalue weighted by molar-refractivity contribution is 0.0686. The summed E-state index contributed by atoms with van der Waals surface area (Å²) in [6.07, 6.45) is 6.39. The number of pyridine rings is 1. The normalized spacial score (nSPS) is 19.2. The molecule has 1 aromatic heterocycles. The maximum absolute atomic E-state index is 11.2. The van der Waals surface area contributed by atoms with E-state index in [0.29, 0.717) is 18.0 Å². The highest BCUT2D eigenvalue weighted by Crippen LogP contribution is 2.36. The van der Waals surface area contributed by atoms with Gasteiger partial charge in [-0.05, 0) is 49.8 Å². The van der Waals surface area contributed by atoms with Crippen LogP contribution in [0.5, 0.6) is 0 Å². The zero-order valence-corrected chi connectivity index (χ0v) is 12.6. The number of aromatic carboxylic acids is 1. The molecule has 4 nitrogen and oxygen atoms in total. The van der Waals surface area contributed by atoms with Crippen molar-refractivity contribution in [2.24, 2.45) is 5.41 Å². The van der Waals surface area contributed by atoms with Crippen molar-refractivity contribution in [3.05, 3.63) is 29.6 Å². The van der Waals surface area contributed by atoms with Crippen LogP contribution in [-0.4, -0.2) is 34.0 Å². The van der Waals surface area contributed by atoms with E-state index in [-0.39, 0.29) is 5.69 Å². The highest BCUT2D eigenvalue weighted by molar-refractivity contribution is 5.86. The van der Waals surface area contributed by atoms with Gasteiger partial charge in [0.15, 0.2) is 5.69 Å². The lowest BCUT2D eigenvalue weighted by Gasteiger charge is -2.38. The molecule has 110 valence electrons. The van der Waals surface area contributed by atoms with Crippen molar-refractivity contribution in [3.63, 3.8) is 0 Å². The molecular formula is C16H24N2O2. The lowest BCUT2D eigenvalue weighted by Crippen LogP contribution is -2.37. The number of aromatic nitrogens is 1. The fourth-order valence-electron chi connectivity index (χ4n) is 2.98. The summed E-state index contributed by atoms with van der Waals surface area (Å²) in [6.45, 7) is 5.31. The lowest BCUT2D eigenvalue weighted by atomic mass is 9.75. The summed E-state index contributed by atoms with van der Waals surface area (Å²) < 4.78 is 0. The summed E-state index contributed by atoms with van der Waals surface area (Å²) in [5.74, 6) is -0.946. The molecular weight excluding hydrogens is 252 g/mol. The van der Waals surface area contributed by atoms with Crippen LogP contribution in [0.4, 0.5) is 0 Å². The molecule has 2 rings (SSSR count). The highest BCUT2D eigenvalue weighted by Gasteiger charge is 2.29. The van der Waals surface area contributed by atoms with Crippen LogP contribution in [0.15, 0.2) is 18.3 Å². The largest absolute Gasteiger partial charge is 0.477 e. The third-order valence-electron chi connectivity index (χ3n) is 4.45. The molecule has 0 unspecified atom stereocenters. The summed E-state index contributed by atoms with van der Waals surface area (Å²) in [4.78, 5) is 17.4. The standard InChI is InChI=1S/C16H24N2O2/c1-16(2)8-6-13(7-9-16)18(3)11-12-5-4-10-17-14(12)15(19)20/h4-5,10,13H,6-9,11H2,1-3H3,(H,19,20). The van der Waals surface area contributed by atoms with Crippen molar-refractivity contribution in [2.45, 2.75) is 52.1 Å². The van der Waals surface area contributed by atoms with Gasteiger partial charge in [0.05, 0.1) is 0 Å². The molecule has 0 bridgehead atoms. The minimum absolute atomic E-state index is 0.176. The van der Waals surface area contributed by atoms with E-state index in [1.807, 2.05) is 6.07 Å². The van der Waals surface area contributed by atoms with E-state index >= 15 is 0 Å². The zero-order valence-electron chi connectivity index (χ0n) is 12.6. The summed E-state index contributed by atoms with van der Waals surface area (Å²) in [7, 11) is 2.08. The van der Waals surface area contributed by atoms with Crippen LogP contribution in [0, 0.1) is 5.41 Å². The van der Waals surface area contributed by atoms with Crippen molar-refractivity contribution >= 4 is 5.97 Å². The first-order valence-electron chi connectivity index (χ1n) is 7.26. The smallest absolute Gasteiger partial charge is 0.354 e. The van der Waals surface area contributed by atoms with E-state index in [2.05, 4.69) is 30.8 Å². The van der Waals surface area contributed by atoms with Crippen LogP contribution < -0.4 is 0 Å². The van der Waals surface area contributed by atoms with Gasteiger partial charge in [0.1, 0.15) is 0 Å². The van der Waals surface area contributed by atoms with Crippen LogP contribution in [0.25, 0.3) is 0 Å². The molecule has 4 heteroatoms. The molecule has 1 aromatic rings. The van der Waals surface area contributed by atoms with Gasteiger partial charge in [0.2, 0.25) is 0 Å². The summed E-state index contributed by atoms with van der Waals surface area (Å²) in [6, 6.07) is 4.21. The van der Waals surface area contributed by atoms with Crippen LogP contribution >= 0.6 is 0 Å². The number of hydrogen-bond donors (Lipinski definition) is 1. The van der Waals surface area contributed by atoms with E-state index < -0.39 is 5.97 Å². The summed E-state index contributed by atoms with van der Waals surface area (Å²) in [5.41, 5.74) is 1.43. The number of carboxylic acids is 1. The van der Waals surface area contributed by atoms with Gasteiger partial charge in [-0.15, -0.1) is 0 Å². The van der Waals surface area contributed by atoms with Crippen LogP contribution in [0.3, 0.4) is 0 Å². The van der Waals surface area contributed by atoms with Gasteiger partial charge in [-0.3, -0.25) is 4.90 Å². The van der Waals surface area contributed by atoms with Crippen molar-refractivity contribution in [2.75, 3.05) is 7.05 Å². The second-order valence-corrected chi connectivity index (χ2v) is 6.63. The number of carboxylic acid groups (broad SMARTS) is 1. The molecule has 0 saturated heterocycles. The fourth-order valence-corrected chi connectivity index (χ4v) is 2.98. The Kier molecular flexibility index (Phi) is 4.43. The van der Waals surface area contributed by atoms with Crippen molar-refractivity contribution in [1.82, 2.24) is 9.88 Å². The quantitative estimate of drug-likeness (QED) is 0.917. The minimum atomic E-state index is -0.946. The monoisotopic (exact) mass is 276 g/mol. The van der Waals surface area contributed by atoms with Gasteiger partial charge < -0.3 is 5.11 Å². The van der Waals surface area contributed by atoms with Crippen LogP contribution in [0.1, 0.15) is 55.6 Å². The predicted octanol–water partition coefficient (Wildman–Crippen LogP) is 3.18. The second kappa shape index (κ2) is 5.92. The van der Waals surface area contributed by atoms with Gasteiger partial charge in [0, 0.05) is 18.8 Å². The van der Waals surface area contributed by atoms with E-state index in [4.69, 9.17) is 0 Å². The van der Waals surface area contributed by atoms with E-state index in [0.717, 1.165) is 5.56 Å². The fraction of sp³-hybridized carbons (Fsp3) is 0.625. The maximum Gasteiger partial charge on any atom is 0.354 e. The molecule has 1 N–H and O–H groups in total. The highest BCUT2D eigenvalue weighted by atomic mass is 16.4. The number of nitrogens with zero attached hydrogens (tertiary/aromatic N) is 2. The first-order valence-corrected chi connectivity index (χ1v) is 7.26. The van der Waals surface area contributed by atoms with Gasteiger partial charge >= 0.3 is 5.97 Å². The van der Waals surface area contributed by atoms with Crippen molar-refractivity contribution < 1.29 is 9.90 Å². The molecule has 1 aliphatic rings. The van der Waals surface area contributed by atoms with Gasteiger partial charge in [0.25, 0.3) is 0 Å². The second-order valence-electron chi connectivity index (χ2n) is 6.63. The molecule has 1 saturated carbocycles. The Balaban J connectivity index is 2.02. The molecule has 20 heavy (non-hydrogen) atoms. The van der Waals surface area contributed by atoms with E-state index in [1.54, 1.807) is 6.07 Å². The topological polar surface area (TPSA) is 53.4 Å².